The maximum Gasteiger partial charge on any atom is 0.296 e. The van der Waals surface area contributed by atoms with Crippen LogP contribution in [0, 0.1) is 6.92 Å². The molecule has 3 heterocycles. The van der Waals surface area contributed by atoms with E-state index in [1.807, 2.05) is 19.1 Å². The van der Waals surface area contributed by atoms with E-state index in [9.17, 15) is 14.7 Å². The Bertz CT molecular complexity index is 1160. The van der Waals surface area contributed by atoms with Crippen LogP contribution < -0.4 is 4.74 Å². The van der Waals surface area contributed by atoms with Gasteiger partial charge < -0.3 is 14.7 Å². The van der Waals surface area contributed by atoms with Crippen molar-refractivity contribution in [2.45, 2.75) is 19.5 Å². The van der Waals surface area contributed by atoms with Crippen molar-refractivity contribution in [2.75, 3.05) is 7.11 Å². The first-order valence-corrected chi connectivity index (χ1v) is 9.75. The van der Waals surface area contributed by atoms with Crippen LogP contribution in [0.15, 0.2) is 72.6 Å². The lowest BCUT2D eigenvalue weighted by Gasteiger charge is -2.24. The summed E-state index contributed by atoms with van der Waals surface area (Å²) in [5.74, 6) is -1.38. The van der Waals surface area contributed by atoms with Crippen molar-refractivity contribution in [1.29, 1.82) is 0 Å². The topological polar surface area (TPSA) is 92.6 Å². The van der Waals surface area contributed by atoms with Gasteiger partial charge in [0.2, 0.25) is 0 Å². The number of benzene rings is 1. The number of pyridine rings is 2. The van der Waals surface area contributed by atoms with Crippen molar-refractivity contribution in [2.24, 2.45) is 0 Å². The summed E-state index contributed by atoms with van der Waals surface area (Å²) < 4.78 is 5.38. The Balaban J connectivity index is 1.90. The average molecular weight is 415 g/mol. The fourth-order valence-electron chi connectivity index (χ4n) is 3.71. The van der Waals surface area contributed by atoms with Gasteiger partial charge in [-0.15, -0.1) is 0 Å². The van der Waals surface area contributed by atoms with E-state index in [1.165, 1.54) is 12.0 Å². The first-order valence-electron chi connectivity index (χ1n) is 9.75. The summed E-state index contributed by atoms with van der Waals surface area (Å²) in [6.07, 6.45) is 3.21. The molecule has 7 nitrogen and oxygen atoms in total. The van der Waals surface area contributed by atoms with Gasteiger partial charge in [-0.25, -0.2) is 0 Å². The lowest BCUT2D eigenvalue weighted by Crippen LogP contribution is -2.29. The molecule has 7 heteroatoms. The van der Waals surface area contributed by atoms with Gasteiger partial charge in [0.25, 0.3) is 11.7 Å². The van der Waals surface area contributed by atoms with Crippen LogP contribution >= 0.6 is 0 Å². The minimum Gasteiger partial charge on any atom is -0.507 e. The molecule has 1 atom stereocenters. The number of ketones is 1. The number of carbonyl (C=O) groups is 2. The summed E-state index contributed by atoms with van der Waals surface area (Å²) in [6.45, 7) is 1.97. The van der Waals surface area contributed by atoms with Crippen molar-refractivity contribution < 1.29 is 19.4 Å². The standard InChI is InChI=1S/C24H21N3O4/c1-15-9-10-19(31-2)17(13-15)22(28)20-21(18-8-4-6-12-26-18)27(24(30)23(20)29)14-16-7-3-5-11-25-16/h3-13,21,28H,14H2,1-2H3/b22-20+. The molecule has 4 rings (SSSR count). The number of aryl methyl sites for hydroxylation is 1. The molecule has 1 saturated heterocycles. The molecule has 1 amide bonds. The van der Waals surface area contributed by atoms with Crippen molar-refractivity contribution in [3.63, 3.8) is 0 Å². The van der Waals surface area contributed by atoms with Crippen LogP contribution in [-0.2, 0) is 16.1 Å². The third-order valence-corrected chi connectivity index (χ3v) is 5.18. The van der Waals surface area contributed by atoms with Gasteiger partial charge in [0.1, 0.15) is 17.6 Å². The van der Waals surface area contributed by atoms with E-state index in [-0.39, 0.29) is 17.9 Å². The zero-order chi connectivity index (χ0) is 22.0. The molecule has 0 aliphatic carbocycles. The van der Waals surface area contributed by atoms with Crippen LogP contribution in [0.25, 0.3) is 5.76 Å². The number of hydrogen-bond donors (Lipinski definition) is 1. The van der Waals surface area contributed by atoms with Gasteiger partial charge in [-0.2, -0.15) is 0 Å². The van der Waals surface area contributed by atoms with Gasteiger partial charge in [-0.05, 0) is 43.3 Å². The molecule has 1 fully saturated rings. The lowest BCUT2D eigenvalue weighted by atomic mass is 9.97. The van der Waals surface area contributed by atoms with Crippen LogP contribution in [0.2, 0.25) is 0 Å². The fraction of sp³-hybridized carbons (Fsp3) is 0.167. The van der Waals surface area contributed by atoms with Gasteiger partial charge in [-0.3, -0.25) is 19.6 Å². The Morgan fingerprint density at radius 3 is 2.45 bits per heavy atom. The molecular weight excluding hydrogens is 394 g/mol. The molecule has 2 aromatic heterocycles. The van der Waals surface area contributed by atoms with Gasteiger partial charge >= 0.3 is 0 Å². The van der Waals surface area contributed by atoms with Gasteiger partial charge in [0, 0.05) is 12.4 Å². The van der Waals surface area contributed by atoms with Crippen molar-refractivity contribution in [1.82, 2.24) is 14.9 Å². The maximum absolute atomic E-state index is 13.1. The molecule has 0 radical (unpaired) electrons. The first-order chi connectivity index (χ1) is 15.0. The number of aromatic nitrogens is 2. The molecular formula is C24H21N3O4. The molecule has 0 bridgehead atoms. The number of hydrogen-bond acceptors (Lipinski definition) is 6. The van der Waals surface area contributed by atoms with Crippen LogP contribution in [0.3, 0.4) is 0 Å². The van der Waals surface area contributed by atoms with E-state index in [0.717, 1.165) is 5.56 Å². The van der Waals surface area contributed by atoms with Gasteiger partial charge in [-0.1, -0.05) is 23.8 Å². The second-order valence-corrected chi connectivity index (χ2v) is 7.21. The van der Waals surface area contributed by atoms with Gasteiger partial charge in [0.15, 0.2) is 0 Å². The number of aliphatic hydroxyl groups is 1. The molecule has 0 spiro atoms. The zero-order valence-corrected chi connectivity index (χ0v) is 17.1. The van der Waals surface area contributed by atoms with Crippen LogP contribution in [0.4, 0.5) is 0 Å². The number of likely N-dealkylation sites (tertiary alicyclic amines) is 1. The highest BCUT2D eigenvalue weighted by molar-refractivity contribution is 6.46. The normalized spacial score (nSPS) is 17.7. The molecule has 156 valence electrons. The summed E-state index contributed by atoms with van der Waals surface area (Å²) >= 11 is 0. The lowest BCUT2D eigenvalue weighted by molar-refractivity contribution is -0.140. The third-order valence-electron chi connectivity index (χ3n) is 5.18. The van der Waals surface area contributed by atoms with Gasteiger partial charge in [0.05, 0.1) is 36.2 Å². The van der Waals surface area contributed by atoms with E-state index < -0.39 is 17.7 Å². The van der Waals surface area contributed by atoms with Crippen molar-refractivity contribution >= 4 is 17.4 Å². The number of Topliss-reactive ketones (excluding diaryl/α,β-unsaturated/α-hetero) is 1. The number of carbonyl (C=O) groups excluding carboxylic acids is 2. The Labute approximate surface area is 179 Å². The van der Waals surface area contributed by atoms with E-state index in [1.54, 1.807) is 54.9 Å². The molecule has 1 aliphatic heterocycles. The predicted molar refractivity (Wildman–Crippen MR) is 114 cm³/mol. The predicted octanol–water partition coefficient (Wildman–Crippen LogP) is 3.42. The SMILES string of the molecule is COc1ccc(C)cc1/C(O)=C1\C(=O)C(=O)N(Cc2ccccn2)C1c1ccccn1. The first kappa shape index (κ1) is 20.3. The van der Waals surface area contributed by atoms with E-state index >= 15 is 0 Å². The second-order valence-electron chi connectivity index (χ2n) is 7.21. The highest BCUT2D eigenvalue weighted by Crippen LogP contribution is 2.41. The number of ether oxygens (including phenoxy) is 1. The number of nitrogens with zero attached hydrogens (tertiary/aromatic N) is 3. The summed E-state index contributed by atoms with van der Waals surface area (Å²) in [7, 11) is 1.48. The molecule has 1 aromatic carbocycles. The minimum atomic E-state index is -0.853. The zero-order valence-electron chi connectivity index (χ0n) is 17.1. The summed E-state index contributed by atoms with van der Waals surface area (Å²) in [6, 6.07) is 15.0. The molecule has 1 aliphatic rings. The Morgan fingerprint density at radius 1 is 1.06 bits per heavy atom. The molecule has 31 heavy (non-hydrogen) atoms. The number of aliphatic hydroxyl groups excluding tert-OH is 1. The largest absolute Gasteiger partial charge is 0.507 e. The molecule has 1 unspecified atom stereocenters. The van der Waals surface area contributed by atoms with Crippen LogP contribution in [0.5, 0.6) is 5.75 Å². The van der Waals surface area contributed by atoms with Crippen LogP contribution in [-0.4, -0.2) is 38.8 Å². The second kappa shape index (κ2) is 8.39. The van der Waals surface area contributed by atoms with Crippen molar-refractivity contribution in [3.05, 3.63) is 95.1 Å². The highest BCUT2D eigenvalue weighted by Gasteiger charge is 2.47. The number of methoxy groups -OCH3 is 1. The highest BCUT2D eigenvalue weighted by atomic mass is 16.5. The Hall–Kier alpha value is -4.00. The minimum absolute atomic E-state index is 0.0245. The van der Waals surface area contributed by atoms with E-state index in [2.05, 4.69) is 9.97 Å². The fourth-order valence-corrected chi connectivity index (χ4v) is 3.71. The Kier molecular flexibility index (Phi) is 5.49. The van der Waals surface area contributed by atoms with E-state index in [4.69, 9.17) is 4.74 Å². The summed E-state index contributed by atoms with van der Waals surface area (Å²) in [4.78, 5) is 36.1. The molecule has 0 saturated carbocycles. The smallest absolute Gasteiger partial charge is 0.296 e. The number of rotatable bonds is 5. The summed E-state index contributed by atoms with van der Waals surface area (Å²) in [5.41, 5.74) is 2.30. The summed E-state index contributed by atoms with van der Waals surface area (Å²) in [5, 5.41) is 11.2. The maximum atomic E-state index is 13.1. The third kappa shape index (κ3) is 3.77. The van der Waals surface area contributed by atoms with Crippen LogP contribution in [0.1, 0.15) is 28.6 Å². The molecule has 1 N–H and O–H groups in total. The number of amides is 1. The van der Waals surface area contributed by atoms with E-state index in [0.29, 0.717) is 22.7 Å². The van der Waals surface area contributed by atoms with Crippen molar-refractivity contribution in [3.8, 4) is 5.75 Å². The monoisotopic (exact) mass is 415 g/mol. The quantitative estimate of drug-likeness (QED) is 0.390. The average Bonchev–Trinajstić information content (AvgIpc) is 3.04. The Morgan fingerprint density at radius 2 is 1.81 bits per heavy atom. The molecule has 3 aromatic rings.